The number of anilines is 2. The van der Waals surface area contributed by atoms with E-state index in [1.807, 2.05) is 6.07 Å². The van der Waals surface area contributed by atoms with Gasteiger partial charge in [0.05, 0.1) is 12.7 Å². The number of rotatable bonds is 6. The fraction of sp³-hybridized carbons (Fsp3) is 0.308. The van der Waals surface area contributed by atoms with Gasteiger partial charge in [0, 0.05) is 46.0 Å². The van der Waals surface area contributed by atoms with Gasteiger partial charge in [0.1, 0.15) is 23.3 Å². The normalized spacial score (nSPS) is 16.3. The highest BCUT2D eigenvalue weighted by molar-refractivity contribution is 7.71. The predicted molar refractivity (Wildman–Crippen MR) is 141 cm³/mol. The molecule has 1 aromatic heterocycles. The van der Waals surface area contributed by atoms with Gasteiger partial charge in [-0.1, -0.05) is 30.3 Å². The molecule has 1 unspecified atom stereocenters. The van der Waals surface area contributed by atoms with E-state index in [9.17, 15) is 14.4 Å². The summed E-state index contributed by atoms with van der Waals surface area (Å²) in [5.74, 6) is 0.200. The largest absolute Gasteiger partial charge is 0.374 e. The number of urea groups is 1. The quantitative estimate of drug-likeness (QED) is 0.482. The summed E-state index contributed by atoms with van der Waals surface area (Å²) in [6.45, 7) is 3.09. The summed E-state index contributed by atoms with van der Waals surface area (Å²) in [5, 5.41) is 16.0. The third kappa shape index (κ3) is 6.48. The van der Waals surface area contributed by atoms with Gasteiger partial charge in [-0.3, -0.25) is 4.90 Å². The van der Waals surface area contributed by atoms with Gasteiger partial charge >= 0.3 is 6.03 Å². The number of carbonyl (C=O) groups is 1. The van der Waals surface area contributed by atoms with Crippen LogP contribution in [0.15, 0.2) is 59.6 Å². The van der Waals surface area contributed by atoms with E-state index in [2.05, 4.69) is 26.6 Å². The van der Waals surface area contributed by atoms with Gasteiger partial charge in [0.25, 0.3) is 0 Å². The molecule has 3 aromatic rings. The summed E-state index contributed by atoms with van der Waals surface area (Å²) in [7, 11) is 3.42. The molecule has 0 radical (unpaired) electrons. The molecule has 0 saturated carbocycles. The maximum absolute atomic E-state index is 13.2. The summed E-state index contributed by atoms with van der Waals surface area (Å²) in [4.78, 5) is 19.0. The van der Waals surface area contributed by atoms with E-state index in [-0.39, 0.29) is 23.0 Å². The molecule has 2 N–H and O–H groups in total. The summed E-state index contributed by atoms with van der Waals surface area (Å²) < 4.78 is 22.8. The van der Waals surface area contributed by atoms with Crippen molar-refractivity contribution in [3.63, 3.8) is 0 Å². The Balaban J connectivity index is 1.52. The van der Waals surface area contributed by atoms with Crippen LogP contribution >= 0.6 is 12.2 Å². The number of carbonyl (C=O) groups excluding carboxylic acids is 1. The molecule has 9 nitrogen and oxygen atoms in total. The van der Waals surface area contributed by atoms with Crippen molar-refractivity contribution in [3.05, 3.63) is 81.8 Å². The maximum Gasteiger partial charge on any atom is 0.347 e. The molecule has 2 heterocycles. The third-order valence-corrected chi connectivity index (χ3v) is 6.62. The van der Waals surface area contributed by atoms with Crippen molar-refractivity contribution < 1.29 is 13.9 Å². The van der Waals surface area contributed by atoms with Crippen LogP contribution in [0.2, 0.25) is 0 Å². The Hall–Kier alpha value is -3.85. The van der Waals surface area contributed by atoms with Crippen molar-refractivity contribution in [3.8, 4) is 6.07 Å². The highest BCUT2D eigenvalue weighted by Crippen LogP contribution is 2.15. The smallest absolute Gasteiger partial charge is 0.347 e. The fourth-order valence-electron chi connectivity index (χ4n) is 4.17. The minimum atomic E-state index is -0.612. The Morgan fingerprint density at radius 1 is 1.19 bits per heavy atom. The first-order chi connectivity index (χ1) is 17.9. The highest BCUT2D eigenvalue weighted by atomic mass is 32.1. The monoisotopic (exact) mass is 521 g/mol. The molecule has 0 bridgehead atoms. The van der Waals surface area contributed by atoms with E-state index < -0.39 is 6.03 Å². The number of ether oxygens (including phenoxy) is 1. The number of nitrogens with one attached hydrogen (secondary N) is 2. The van der Waals surface area contributed by atoms with E-state index in [4.69, 9.17) is 17.0 Å². The summed E-state index contributed by atoms with van der Waals surface area (Å²) in [5.41, 5.74) is 1.97. The van der Waals surface area contributed by atoms with Gasteiger partial charge in [-0.25, -0.2) is 9.18 Å². The van der Waals surface area contributed by atoms with E-state index in [0.717, 1.165) is 12.1 Å². The number of halogens is 1. The molecule has 1 fully saturated rings. The minimum Gasteiger partial charge on any atom is -0.374 e. The molecule has 1 aliphatic rings. The Morgan fingerprint density at radius 3 is 2.62 bits per heavy atom. The minimum absolute atomic E-state index is 0.148. The summed E-state index contributed by atoms with van der Waals surface area (Å²) in [6.07, 6.45) is -0.148. The van der Waals surface area contributed by atoms with Crippen molar-refractivity contribution in [2.45, 2.75) is 12.6 Å². The lowest BCUT2D eigenvalue weighted by Crippen LogP contribution is -2.45. The van der Waals surface area contributed by atoms with E-state index in [1.165, 1.54) is 16.7 Å². The molecule has 2 aromatic carbocycles. The molecule has 1 saturated heterocycles. The zero-order chi connectivity index (χ0) is 26.4. The van der Waals surface area contributed by atoms with Crippen molar-refractivity contribution in [2.75, 3.05) is 36.9 Å². The van der Waals surface area contributed by atoms with Crippen molar-refractivity contribution in [2.24, 2.45) is 19.1 Å². The Kier molecular flexibility index (Phi) is 8.45. The number of benzene rings is 2. The van der Waals surface area contributed by atoms with Crippen LogP contribution in [0.4, 0.5) is 20.7 Å². The second kappa shape index (κ2) is 11.9. The van der Waals surface area contributed by atoms with Gasteiger partial charge in [0.2, 0.25) is 0 Å². The van der Waals surface area contributed by atoms with Gasteiger partial charge < -0.3 is 24.5 Å². The first-order valence-electron chi connectivity index (χ1n) is 11.8. The summed E-state index contributed by atoms with van der Waals surface area (Å²) in [6, 6.07) is 17.0. The summed E-state index contributed by atoms with van der Waals surface area (Å²) >= 11 is 5.55. The zero-order valence-electron chi connectivity index (χ0n) is 20.6. The van der Waals surface area contributed by atoms with Crippen LogP contribution in [-0.4, -0.2) is 52.4 Å². The van der Waals surface area contributed by atoms with Crippen LogP contribution in [0.25, 0.3) is 0 Å². The Labute approximate surface area is 219 Å². The lowest BCUT2D eigenvalue weighted by molar-refractivity contribution is -0.0241. The molecule has 0 spiro atoms. The van der Waals surface area contributed by atoms with Crippen molar-refractivity contribution >= 4 is 29.8 Å². The van der Waals surface area contributed by atoms with Crippen molar-refractivity contribution in [1.29, 1.82) is 5.26 Å². The SMILES string of the molecule is Cn1c(NCC2CN(Cc3ccc(F)cc3)CCO2)c(C#N)/c(=N/C(=O)Nc2ccccc2)n(C)c1=S. The van der Waals surface area contributed by atoms with Gasteiger partial charge in [-0.15, -0.1) is 0 Å². The fourth-order valence-corrected chi connectivity index (χ4v) is 4.35. The molecular formula is C26H28FN7O2S. The second-order valence-corrected chi connectivity index (χ2v) is 9.07. The molecule has 1 aliphatic heterocycles. The van der Waals surface area contributed by atoms with Crippen LogP contribution in [0.3, 0.4) is 0 Å². The van der Waals surface area contributed by atoms with Crippen molar-refractivity contribution in [1.82, 2.24) is 14.0 Å². The number of para-hydroxylation sites is 1. The first-order valence-corrected chi connectivity index (χ1v) is 12.2. The topological polar surface area (TPSA) is 99.6 Å². The average molecular weight is 522 g/mol. The number of nitriles is 1. The molecule has 0 aliphatic carbocycles. The maximum atomic E-state index is 13.2. The van der Waals surface area contributed by atoms with E-state index in [0.29, 0.717) is 42.5 Å². The third-order valence-electron chi connectivity index (χ3n) is 6.07. The molecule has 192 valence electrons. The molecule has 11 heteroatoms. The predicted octanol–water partition coefficient (Wildman–Crippen LogP) is 3.55. The van der Waals surface area contributed by atoms with E-state index >= 15 is 0 Å². The Bertz CT molecular complexity index is 1430. The number of morpholine rings is 1. The zero-order valence-corrected chi connectivity index (χ0v) is 21.5. The first kappa shape index (κ1) is 26.2. The number of aromatic nitrogens is 2. The molecular weight excluding hydrogens is 493 g/mol. The molecule has 2 amide bonds. The van der Waals surface area contributed by atoms with Gasteiger partial charge in [-0.05, 0) is 42.0 Å². The van der Waals surface area contributed by atoms with Crippen LogP contribution < -0.4 is 16.1 Å². The average Bonchev–Trinajstić information content (AvgIpc) is 2.90. The number of hydrogen-bond acceptors (Lipinski definition) is 6. The standard InChI is InChI=1S/C26H28FN7O2S/c1-32-23(29-15-21-17-34(12-13-36-21)16-18-8-10-19(27)11-9-18)22(14-28)24(33(2)26(32)37)31-25(35)30-20-6-4-3-5-7-20/h3-11,21,29H,12-13,15-17H2,1-2H3,(H,30,35)/b31-24-. The number of hydrogen-bond donors (Lipinski definition) is 2. The Morgan fingerprint density at radius 2 is 1.92 bits per heavy atom. The lowest BCUT2D eigenvalue weighted by atomic mass is 10.2. The molecule has 4 rings (SSSR count). The van der Waals surface area contributed by atoms with Crippen LogP contribution in [0.1, 0.15) is 11.1 Å². The van der Waals surface area contributed by atoms with Crippen LogP contribution in [0, 0.1) is 21.9 Å². The lowest BCUT2D eigenvalue weighted by Gasteiger charge is -2.33. The second-order valence-electron chi connectivity index (χ2n) is 8.70. The van der Waals surface area contributed by atoms with Gasteiger partial charge in [-0.2, -0.15) is 10.3 Å². The van der Waals surface area contributed by atoms with Crippen LogP contribution in [0.5, 0.6) is 0 Å². The molecule has 37 heavy (non-hydrogen) atoms. The highest BCUT2D eigenvalue weighted by Gasteiger charge is 2.22. The van der Waals surface area contributed by atoms with Gasteiger partial charge in [0.15, 0.2) is 10.3 Å². The van der Waals surface area contributed by atoms with Crippen LogP contribution in [-0.2, 0) is 25.4 Å². The van der Waals surface area contributed by atoms with E-state index in [1.54, 1.807) is 55.1 Å². The number of nitrogens with zero attached hydrogens (tertiary/aromatic N) is 5. The molecule has 1 atom stereocenters. The number of amides is 2.